The maximum absolute atomic E-state index is 12.2. The minimum Gasteiger partial charge on any atom is -0.326 e. The Balaban J connectivity index is 1.70. The molecule has 0 saturated carbocycles. The summed E-state index contributed by atoms with van der Waals surface area (Å²) in [6, 6.07) is 7.48. The Morgan fingerprint density at radius 1 is 1.16 bits per heavy atom. The number of anilines is 1. The summed E-state index contributed by atoms with van der Waals surface area (Å²) in [4.78, 5) is 32.5. The first-order valence-electron chi connectivity index (χ1n) is 7.87. The van der Waals surface area contributed by atoms with Gasteiger partial charge in [-0.3, -0.25) is 9.59 Å². The first-order valence-corrected chi connectivity index (χ1v) is 7.87. The quantitative estimate of drug-likeness (QED) is 0.786. The Hall–Kier alpha value is -3.22. The minimum atomic E-state index is -0.213. The van der Waals surface area contributed by atoms with Crippen molar-refractivity contribution in [2.75, 3.05) is 5.32 Å². The lowest BCUT2D eigenvalue weighted by atomic mass is 10.2. The van der Waals surface area contributed by atoms with Gasteiger partial charge in [0.05, 0.1) is 18.4 Å². The zero-order chi connectivity index (χ0) is 18.0. The lowest BCUT2D eigenvalue weighted by molar-refractivity contribution is -0.115. The summed E-state index contributed by atoms with van der Waals surface area (Å²) in [5, 5.41) is 2.83. The number of hydrogen-bond acceptors (Lipinski definition) is 4. The van der Waals surface area contributed by atoms with Crippen LogP contribution in [0.4, 0.5) is 5.69 Å². The Labute approximate surface area is 145 Å². The molecule has 0 fully saturated rings. The molecule has 2 heterocycles. The highest BCUT2D eigenvalue weighted by molar-refractivity contribution is 5.92. The predicted molar refractivity (Wildman–Crippen MR) is 94.8 cm³/mol. The summed E-state index contributed by atoms with van der Waals surface area (Å²) in [6.45, 7) is 3.61. The average Bonchev–Trinajstić information content (AvgIpc) is 3.02. The summed E-state index contributed by atoms with van der Waals surface area (Å²) >= 11 is 0. The van der Waals surface area contributed by atoms with Crippen molar-refractivity contribution in [2.45, 2.75) is 20.3 Å². The molecule has 3 aromatic rings. The smallest absolute Gasteiger partial charge is 0.256 e. The molecule has 0 spiro atoms. The summed E-state index contributed by atoms with van der Waals surface area (Å²) in [6.07, 6.45) is 5.11. The van der Waals surface area contributed by atoms with Crippen LogP contribution in [0.3, 0.4) is 0 Å². The maximum atomic E-state index is 12.2. The molecule has 0 aliphatic carbocycles. The number of nitrogens with zero attached hydrogens (tertiary/aromatic N) is 4. The van der Waals surface area contributed by atoms with Crippen molar-refractivity contribution in [2.24, 2.45) is 7.05 Å². The highest BCUT2D eigenvalue weighted by Crippen LogP contribution is 2.15. The van der Waals surface area contributed by atoms with E-state index in [0.717, 1.165) is 11.5 Å². The van der Waals surface area contributed by atoms with Gasteiger partial charge in [0.1, 0.15) is 5.82 Å². The molecule has 0 bridgehead atoms. The van der Waals surface area contributed by atoms with Gasteiger partial charge in [0.15, 0.2) is 0 Å². The third-order valence-electron chi connectivity index (χ3n) is 4.04. The van der Waals surface area contributed by atoms with Crippen molar-refractivity contribution >= 4 is 11.6 Å². The van der Waals surface area contributed by atoms with Crippen LogP contribution in [0.25, 0.3) is 5.69 Å². The van der Waals surface area contributed by atoms with Gasteiger partial charge in [-0.05, 0) is 38.1 Å². The predicted octanol–water partition coefficient (Wildman–Crippen LogP) is 1.76. The van der Waals surface area contributed by atoms with E-state index in [2.05, 4.69) is 15.3 Å². The highest BCUT2D eigenvalue weighted by Gasteiger charge is 2.11. The van der Waals surface area contributed by atoms with Crippen LogP contribution >= 0.6 is 0 Å². The molecule has 2 aromatic heterocycles. The first kappa shape index (κ1) is 16.6. The lowest BCUT2D eigenvalue weighted by Gasteiger charge is -2.09. The molecule has 1 N–H and O–H groups in total. The zero-order valence-corrected chi connectivity index (χ0v) is 14.4. The van der Waals surface area contributed by atoms with Crippen molar-refractivity contribution in [1.29, 1.82) is 0 Å². The number of aromatic nitrogens is 4. The molecule has 0 aliphatic rings. The monoisotopic (exact) mass is 337 g/mol. The van der Waals surface area contributed by atoms with E-state index in [0.29, 0.717) is 16.9 Å². The standard InChI is InChI=1S/C18H19N5O2/c1-12-16(20-11-22(3)18(12)25)10-17(24)21-14-4-6-15(7-5-14)23-9-8-19-13(23)2/h4-9,11H,10H2,1-3H3,(H,21,24). The fourth-order valence-corrected chi connectivity index (χ4v) is 2.59. The van der Waals surface area contributed by atoms with E-state index in [1.54, 1.807) is 20.2 Å². The molecule has 0 radical (unpaired) electrons. The molecular formula is C18H19N5O2. The van der Waals surface area contributed by atoms with E-state index >= 15 is 0 Å². The molecule has 1 aromatic carbocycles. The van der Waals surface area contributed by atoms with Crippen LogP contribution in [0.1, 0.15) is 17.1 Å². The topological polar surface area (TPSA) is 81.8 Å². The van der Waals surface area contributed by atoms with E-state index in [-0.39, 0.29) is 17.9 Å². The number of aryl methyl sites for hydroxylation is 2. The highest BCUT2D eigenvalue weighted by atomic mass is 16.1. The van der Waals surface area contributed by atoms with E-state index < -0.39 is 0 Å². The van der Waals surface area contributed by atoms with Crippen LogP contribution in [0.2, 0.25) is 0 Å². The largest absolute Gasteiger partial charge is 0.326 e. The average molecular weight is 337 g/mol. The molecule has 0 saturated heterocycles. The van der Waals surface area contributed by atoms with Crippen LogP contribution in [0.5, 0.6) is 0 Å². The summed E-state index contributed by atoms with van der Waals surface area (Å²) < 4.78 is 3.35. The minimum absolute atomic E-state index is 0.0598. The van der Waals surface area contributed by atoms with Crippen molar-refractivity contribution < 1.29 is 4.79 Å². The van der Waals surface area contributed by atoms with Crippen molar-refractivity contribution in [3.63, 3.8) is 0 Å². The van der Waals surface area contributed by atoms with E-state index in [1.165, 1.54) is 10.9 Å². The lowest BCUT2D eigenvalue weighted by Crippen LogP contribution is -2.24. The van der Waals surface area contributed by atoms with Crippen LogP contribution in [-0.2, 0) is 18.3 Å². The Bertz CT molecular complexity index is 970. The zero-order valence-electron chi connectivity index (χ0n) is 14.4. The second-order valence-electron chi connectivity index (χ2n) is 5.85. The van der Waals surface area contributed by atoms with Gasteiger partial charge in [-0.15, -0.1) is 0 Å². The third-order valence-corrected chi connectivity index (χ3v) is 4.04. The van der Waals surface area contributed by atoms with Gasteiger partial charge in [0.2, 0.25) is 5.91 Å². The molecule has 128 valence electrons. The van der Waals surface area contributed by atoms with Gasteiger partial charge >= 0.3 is 0 Å². The fourth-order valence-electron chi connectivity index (χ4n) is 2.59. The molecule has 3 rings (SSSR count). The van der Waals surface area contributed by atoms with Crippen molar-refractivity contribution in [3.8, 4) is 5.69 Å². The Morgan fingerprint density at radius 2 is 1.88 bits per heavy atom. The van der Waals surface area contributed by atoms with E-state index in [1.807, 2.05) is 42.0 Å². The van der Waals surface area contributed by atoms with Crippen molar-refractivity contribution in [1.82, 2.24) is 19.1 Å². The number of carbonyl (C=O) groups excluding carboxylic acids is 1. The maximum Gasteiger partial charge on any atom is 0.256 e. The second kappa shape index (κ2) is 6.72. The first-order chi connectivity index (χ1) is 12.0. The van der Waals surface area contributed by atoms with E-state index in [4.69, 9.17) is 0 Å². The molecular weight excluding hydrogens is 318 g/mol. The van der Waals surface area contributed by atoms with Crippen LogP contribution in [-0.4, -0.2) is 25.0 Å². The molecule has 1 amide bonds. The van der Waals surface area contributed by atoms with Gasteiger partial charge in [-0.25, -0.2) is 9.97 Å². The van der Waals surface area contributed by atoms with Crippen LogP contribution in [0, 0.1) is 13.8 Å². The molecule has 7 heteroatoms. The number of amides is 1. The SMILES string of the molecule is Cc1c(CC(=O)Nc2ccc(-n3ccnc3C)cc2)ncn(C)c1=O. The number of carbonyl (C=O) groups is 1. The van der Waals surface area contributed by atoms with Crippen LogP contribution < -0.4 is 10.9 Å². The fraction of sp³-hybridized carbons (Fsp3) is 0.222. The van der Waals surface area contributed by atoms with Gasteiger partial charge in [0.25, 0.3) is 5.56 Å². The summed E-state index contributed by atoms with van der Waals surface area (Å²) in [5.41, 5.74) is 2.50. The molecule has 25 heavy (non-hydrogen) atoms. The Kier molecular flexibility index (Phi) is 4.47. The van der Waals surface area contributed by atoms with Crippen molar-refractivity contribution in [3.05, 3.63) is 70.4 Å². The van der Waals surface area contributed by atoms with Crippen LogP contribution in [0.15, 0.2) is 47.8 Å². The number of imidazole rings is 1. The molecule has 0 aliphatic heterocycles. The molecule has 0 unspecified atom stereocenters. The second-order valence-corrected chi connectivity index (χ2v) is 5.85. The number of benzene rings is 1. The van der Waals surface area contributed by atoms with Gasteiger partial charge in [-0.1, -0.05) is 0 Å². The number of hydrogen-bond donors (Lipinski definition) is 1. The van der Waals surface area contributed by atoms with E-state index in [9.17, 15) is 9.59 Å². The third kappa shape index (κ3) is 3.50. The van der Waals surface area contributed by atoms with Gasteiger partial charge in [0, 0.05) is 36.4 Å². The molecule has 7 nitrogen and oxygen atoms in total. The molecule has 0 atom stereocenters. The number of rotatable bonds is 4. The van der Waals surface area contributed by atoms with Gasteiger partial charge < -0.3 is 14.5 Å². The normalized spacial score (nSPS) is 10.7. The summed E-state index contributed by atoms with van der Waals surface area (Å²) in [5.74, 6) is 0.680. The number of nitrogens with one attached hydrogen (secondary N) is 1. The Morgan fingerprint density at radius 3 is 2.52 bits per heavy atom. The summed E-state index contributed by atoms with van der Waals surface area (Å²) in [7, 11) is 1.63. The van der Waals surface area contributed by atoms with Gasteiger partial charge in [-0.2, -0.15) is 0 Å².